The zero-order chi connectivity index (χ0) is 18.6. The lowest BCUT2D eigenvalue weighted by molar-refractivity contribution is -0.0339. The van der Waals surface area contributed by atoms with Crippen LogP contribution in [0.4, 0.5) is 0 Å². The zero-order valence-corrected chi connectivity index (χ0v) is 15.9. The molecule has 2 saturated heterocycles. The van der Waals surface area contributed by atoms with Crippen LogP contribution in [-0.4, -0.2) is 54.4 Å². The number of ketones is 1. The summed E-state index contributed by atoms with van der Waals surface area (Å²) in [5, 5.41) is 4.14. The molecule has 0 radical (unpaired) electrons. The fraction of sp³-hybridized carbons (Fsp3) is 0.700. The molecule has 0 saturated carbocycles. The molecule has 5 rings (SSSR count). The number of likely N-dealkylation sites (tertiary alicyclic amines) is 1. The number of hydrogen-bond acceptors (Lipinski definition) is 7. The molecule has 1 unspecified atom stereocenters. The van der Waals surface area contributed by atoms with Crippen molar-refractivity contribution in [1.82, 2.24) is 10.1 Å². The van der Waals surface area contributed by atoms with Crippen LogP contribution in [0.5, 0.6) is 5.88 Å². The van der Waals surface area contributed by atoms with E-state index in [1.54, 1.807) is 7.11 Å². The highest BCUT2D eigenvalue weighted by atomic mass is 16.6. The van der Waals surface area contributed by atoms with Gasteiger partial charge in [-0.3, -0.25) is 9.69 Å². The number of carbonyl (C=O) groups excluding carboxylic acids is 1. The third-order valence-corrected chi connectivity index (χ3v) is 6.44. The summed E-state index contributed by atoms with van der Waals surface area (Å²) in [7, 11) is 1.61. The van der Waals surface area contributed by atoms with E-state index in [2.05, 4.69) is 17.0 Å². The molecule has 0 aromatic carbocycles. The van der Waals surface area contributed by atoms with E-state index in [-0.39, 0.29) is 23.8 Å². The zero-order valence-electron chi connectivity index (χ0n) is 15.9. The van der Waals surface area contributed by atoms with Crippen LogP contribution < -0.4 is 4.74 Å². The van der Waals surface area contributed by atoms with Crippen LogP contribution >= 0.6 is 0 Å². The van der Waals surface area contributed by atoms with Crippen molar-refractivity contribution in [3.05, 3.63) is 23.2 Å². The summed E-state index contributed by atoms with van der Waals surface area (Å²) in [6, 6.07) is -0.0277. The maximum absolute atomic E-state index is 13.7. The fourth-order valence-corrected chi connectivity index (χ4v) is 5.25. The van der Waals surface area contributed by atoms with E-state index >= 15 is 0 Å². The van der Waals surface area contributed by atoms with E-state index in [0.29, 0.717) is 29.6 Å². The van der Waals surface area contributed by atoms with Gasteiger partial charge in [-0.2, -0.15) is 0 Å². The van der Waals surface area contributed by atoms with Crippen molar-refractivity contribution in [3.8, 4) is 5.88 Å². The largest absolute Gasteiger partial charge is 0.498 e. The van der Waals surface area contributed by atoms with Gasteiger partial charge in [-0.05, 0) is 50.0 Å². The molecule has 1 aliphatic carbocycles. The first-order chi connectivity index (χ1) is 13.2. The second-order valence-electron chi connectivity index (χ2n) is 7.92. The van der Waals surface area contributed by atoms with Gasteiger partial charge in [0, 0.05) is 5.92 Å². The molecule has 27 heavy (non-hydrogen) atoms. The number of fused-ring (bicyclic) bond motifs is 2. The second-order valence-corrected chi connectivity index (χ2v) is 7.92. The van der Waals surface area contributed by atoms with Gasteiger partial charge in [0.15, 0.2) is 11.4 Å². The predicted octanol–water partition coefficient (Wildman–Crippen LogP) is 2.87. The molecule has 1 aromatic rings. The van der Waals surface area contributed by atoms with Gasteiger partial charge >= 0.3 is 0 Å². The smallest absolute Gasteiger partial charge is 0.265 e. The fourth-order valence-electron chi connectivity index (χ4n) is 5.25. The van der Waals surface area contributed by atoms with E-state index in [4.69, 9.17) is 18.7 Å². The molecule has 1 aromatic heterocycles. The quantitative estimate of drug-likeness (QED) is 0.709. The van der Waals surface area contributed by atoms with Crippen molar-refractivity contribution in [3.63, 3.8) is 0 Å². The maximum atomic E-state index is 13.7. The Bertz CT molecular complexity index is 781. The molecule has 1 spiro atoms. The normalized spacial score (nSPS) is 34.5. The monoisotopic (exact) mass is 374 g/mol. The van der Waals surface area contributed by atoms with Gasteiger partial charge in [0.05, 0.1) is 25.9 Å². The van der Waals surface area contributed by atoms with Crippen molar-refractivity contribution < 1.29 is 23.5 Å². The van der Waals surface area contributed by atoms with E-state index in [0.717, 1.165) is 45.2 Å². The summed E-state index contributed by atoms with van der Waals surface area (Å²) in [5.41, 5.74) is -0.613. The van der Waals surface area contributed by atoms with Crippen LogP contribution in [0.1, 0.15) is 61.2 Å². The van der Waals surface area contributed by atoms with E-state index in [1.807, 2.05) is 6.08 Å². The number of aromatic nitrogens is 1. The van der Waals surface area contributed by atoms with Crippen molar-refractivity contribution in [1.29, 1.82) is 0 Å². The minimum absolute atomic E-state index is 0.0167. The number of hydrogen-bond donors (Lipinski definition) is 0. The molecule has 7 nitrogen and oxygen atoms in total. The van der Waals surface area contributed by atoms with Gasteiger partial charge in [0.25, 0.3) is 5.88 Å². The van der Waals surface area contributed by atoms with E-state index < -0.39 is 5.60 Å². The lowest BCUT2D eigenvalue weighted by Crippen LogP contribution is -2.54. The highest BCUT2D eigenvalue weighted by Crippen LogP contribution is 2.60. The van der Waals surface area contributed by atoms with Crippen LogP contribution in [0.3, 0.4) is 0 Å². The van der Waals surface area contributed by atoms with Gasteiger partial charge in [-0.25, -0.2) is 0 Å². The second kappa shape index (κ2) is 6.34. The van der Waals surface area contributed by atoms with Crippen LogP contribution in [0.2, 0.25) is 0 Å². The Kier molecular flexibility index (Phi) is 4.05. The van der Waals surface area contributed by atoms with E-state index in [1.165, 1.54) is 0 Å². The molecule has 4 atom stereocenters. The summed E-state index contributed by atoms with van der Waals surface area (Å²) in [6.07, 6.45) is 6.89. The topological polar surface area (TPSA) is 74.0 Å². The number of ether oxygens (including phenoxy) is 3. The number of Topliss-reactive ketones (excluding diaryl/α,β-unsaturated/α-hetero) is 1. The first kappa shape index (κ1) is 17.3. The van der Waals surface area contributed by atoms with Crippen molar-refractivity contribution >= 4 is 5.78 Å². The number of unbranched alkanes of at least 4 members (excludes halogenated alkanes) is 1. The molecule has 146 valence electrons. The summed E-state index contributed by atoms with van der Waals surface area (Å²) < 4.78 is 23.4. The average Bonchev–Trinajstić information content (AvgIpc) is 3.45. The summed E-state index contributed by atoms with van der Waals surface area (Å²) in [5.74, 6) is 1.44. The molecule has 2 bridgehead atoms. The summed E-state index contributed by atoms with van der Waals surface area (Å²) in [6.45, 7) is 4.60. The van der Waals surface area contributed by atoms with Gasteiger partial charge < -0.3 is 18.7 Å². The SMILES string of the molecule is CCCCOc1noc2c1C(=O)[C@]13O[C@H](C=C1OC)CC3[C@@H]2N1CCCC1. The third kappa shape index (κ3) is 2.27. The van der Waals surface area contributed by atoms with Crippen LogP contribution in [0.25, 0.3) is 0 Å². The Morgan fingerprint density at radius 2 is 2.19 bits per heavy atom. The molecule has 7 heteroatoms. The van der Waals surface area contributed by atoms with Crippen molar-refractivity contribution in [2.24, 2.45) is 5.92 Å². The minimum atomic E-state index is -1.06. The number of nitrogens with zero attached hydrogens (tertiary/aromatic N) is 2. The first-order valence-electron chi connectivity index (χ1n) is 10.1. The van der Waals surface area contributed by atoms with Gasteiger partial charge in [-0.1, -0.05) is 13.3 Å². The average molecular weight is 374 g/mol. The van der Waals surface area contributed by atoms with Crippen LogP contribution in [-0.2, 0) is 9.47 Å². The molecular formula is C20H26N2O5. The molecular weight excluding hydrogens is 348 g/mol. The summed E-state index contributed by atoms with van der Waals surface area (Å²) >= 11 is 0. The molecule has 4 heterocycles. The molecule has 4 aliphatic rings. The summed E-state index contributed by atoms with van der Waals surface area (Å²) in [4.78, 5) is 16.1. The van der Waals surface area contributed by atoms with E-state index in [9.17, 15) is 4.79 Å². The standard InChI is InChI=1S/C20H26N2O5/c1-3-4-9-25-19-15-17(27-21-19)16(22-7-5-6-8-22)13-10-12-11-14(24-2)20(13,26-12)18(15)23/h11-13,16H,3-10H2,1-2H3/t12-,13?,16-,20+/m0/s1. The Labute approximate surface area is 158 Å². The lowest BCUT2D eigenvalue weighted by Gasteiger charge is -2.43. The maximum Gasteiger partial charge on any atom is 0.265 e. The van der Waals surface area contributed by atoms with Crippen LogP contribution in [0.15, 0.2) is 16.4 Å². The molecule has 3 aliphatic heterocycles. The predicted molar refractivity (Wildman–Crippen MR) is 95.6 cm³/mol. The van der Waals surface area contributed by atoms with Gasteiger partial charge in [0.1, 0.15) is 11.3 Å². The minimum Gasteiger partial charge on any atom is -0.498 e. The van der Waals surface area contributed by atoms with Crippen molar-refractivity contribution in [2.75, 3.05) is 26.8 Å². The van der Waals surface area contributed by atoms with Crippen LogP contribution in [0, 0.1) is 5.92 Å². The highest BCUT2D eigenvalue weighted by molar-refractivity contribution is 6.09. The Hall–Kier alpha value is -1.86. The number of rotatable bonds is 6. The van der Waals surface area contributed by atoms with Gasteiger partial charge in [0.2, 0.25) is 5.78 Å². The molecule has 0 amide bonds. The Morgan fingerprint density at radius 3 is 2.93 bits per heavy atom. The third-order valence-electron chi connectivity index (χ3n) is 6.44. The molecule has 0 N–H and O–H groups in total. The van der Waals surface area contributed by atoms with Crippen molar-refractivity contribution in [2.45, 2.75) is 56.8 Å². The number of carbonyl (C=O) groups is 1. The molecule has 2 fully saturated rings. The first-order valence-corrected chi connectivity index (χ1v) is 10.1. The Morgan fingerprint density at radius 1 is 1.37 bits per heavy atom. The Balaban J connectivity index is 1.61. The number of methoxy groups -OCH3 is 1. The lowest BCUT2D eigenvalue weighted by atomic mass is 9.67. The van der Waals surface area contributed by atoms with Gasteiger partial charge in [-0.15, -0.1) is 0 Å². The highest BCUT2D eigenvalue weighted by Gasteiger charge is 2.68.